The van der Waals surface area contributed by atoms with E-state index in [0.717, 1.165) is 12.8 Å². The molecule has 0 saturated carbocycles. The van der Waals surface area contributed by atoms with Gasteiger partial charge in [-0.05, 0) is 38.7 Å². The molecule has 0 amide bonds. The summed E-state index contributed by atoms with van der Waals surface area (Å²) in [6.07, 6.45) is 16.7. The fourth-order valence-corrected chi connectivity index (χ4v) is 2.20. The first kappa shape index (κ1) is 15.1. The third kappa shape index (κ3) is 5.57. The quantitative estimate of drug-likeness (QED) is 0.568. The molecule has 0 radical (unpaired) electrons. The van der Waals surface area contributed by atoms with E-state index in [1.165, 1.54) is 50.0 Å². The van der Waals surface area contributed by atoms with Crippen molar-refractivity contribution >= 4 is 0 Å². The molecule has 0 saturated heterocycles. The van der Waals surface area contributed by atoms with Gasteiger partial charge in [0, 0.05) is 18.8 Å². The van der Waals surface area contributed by atoms with Crippen LogP contribution in [0.2, 0.25) is 0 Å². The Morgan fingerprint density at radius 1 is 1.06 bits per heavy atom. The summed E-state index contributed by atoms with van der Waals surface area (Å²) in [4.78, 5) is 2.57. The van der Waals surface area contributed by atoms with E-state index < -0.39 is 0 Å². The molecule has 0 aliphatic heterocycles. The maximum Gasteiger partial charge on any atom is 0.0325 e. The predicted octanol–water partition coefficient (Wildman–Crippen LogP) is 5.07. The maximum atomic E-state index is 2.57. The Labute approximate surface area is 113 Å². The number of rotatable bonds is 7. The minimum Gasteiger partial charge on any atom is -0.372 e. The van der Waals surface area contributed by atoms with Crippen molar-refractivity contribution in [2.24, 2.45) is 0 Å². The first-order valence-corrected chi connectivity index (χ1v) is 7.55. The molecule has 0 spiro atoms. The van der Waals surface area contributed by atoms with Crippen LogP contribution in [0.3, 0.4) is 0 Å². The maximum absolute atomic E-state index is 2.57. The van der Waals surface area contributed by atoms with Crippen LogP contribution in [-0.2, 0) is 0 Å². The van der Waals surface area contributed by atoms with E-state index in [0.29, 0.717) is 0 Å². The van der Waals surface area contributed by atoms with Gasteiger partial charge < -0.3 is 4.90 Å². The van der Waals surface area contributed by atoms with Crippen molar-refractivity contribution in [2.45, 2.75) is 59.3 Å². The molecule has 0 aromatic heterocycles. The molecule has 0 aromatic carbocycles. The molecule has 0 bridgehead atoms. The van der Waals surface area contributed by atoms with Crippen LogP contribution < -0.4 is 0 Å². The fourth-order valence-electron chi connectivity index (χ4n) is 2.20. The summed E-state index contributed by atoms with van der Waals surface area (Å²) in [6.45, 7) is 9.17. The van der Waals surface area contributed by atoms with Gasteiger partial charge in [0.05, 0.1) is 0 Å². The third-order valence-corrected chi connectivity index (χ3v) is 3.45. The Balaban J connectivity index is 2.67. The molecule has 1 nitrogen and oxygen atoms in total. The third-order valence-electron chi connectivity index (χ3n) is 3.45. The van der Waals surface area contributed by atoms with Gasteiger partial charge in [-0.25, -0.2) is 0 Å². The monoisotopic (exact) mass is 247 g/mol. The molecule has 1 rings (SSSR count). The van der Waals surface area contributed by atoms with Gasteiger partial charge >= 0.3 is 0 Å². The highest BCUT2D eigenvalue weighted by atomic mass is 15.1. The standard InChI is InChI=1S/C17H29N/c1-4-6-14-18(15-7-5-2)17-12-8-10-16(3)11-9-13-17/h8,11-13H,4-7,9-10,14-15H2,1-3H3/b12-8-,16-11+,17-13+. The van der Waals surface area contributed by atoms with E-state index in [1.807, 2.05) is 0 Å². The normalized spacial score (nSPS) is 23.3. The molecular weight excluding hydrogens is 218 g/mol. The number of hydrogen-bond acceptors (Lipinski definition) is 1. The summed E-state index contributed by atoms with van der Waals surface area (Å²) in [5, 5.41) is 0. The van der Waals surface area contributed by atoms with E-state index >= 15 is 0 Å². The van der Waals surface area contributed by atoms with Gasteiger partial charge in [-0.3, -0.25) is 0 Å². The molecule has 1 heteroatoms. The van der Waals surface area contributed by atoms with Crippen LogP contribution in [0.15, 0.2) is 35.6 Å². The molecular formula is C17H29N. The highest BCUT2D eigenvalue weighted by Gasteiger charge is 2.06. The van der Waals surface area contributed by atoms with Crippen molar-refractivity contribution in [3.8, 4) is 0 Å². The Bertz CT molecular complexity index is 302. The van der Waals surface area contributed by atoms with Crippen LogP contribution in [0.25, 0.3) is 0 Å². The smallest absolute Gasteiger partial charge is 0.0325 e. The van der Waals surface area contributed by atoms with Gasteiger partial charge in [0.1, 0.15) is 0 Å². The molecule has 0 unspecified atom stereocenters. The van der Waals surface area contributed by atoms with Gasteiger partial charge in [0.15, 0.2) is 0 Å². The lowest BCUT2D eigenvalue weighted by Gasteiger charge is -2.26. The van der Waals surface area contributed by atoms with Crippen molar-refractivity contribution in [3.63, 3.8) is 0 Å². The first-order chi connectivity index (χ1) is 8.77. The second-order valence-corrected chi connectivity index (χ2v) is 5.22. The topological polar surface area (TPSA) is 3.24 Å². The molecule has 0 atom stereocenters. The average Bonchev–Trinajstić information content (AvgIpc) is 2.34. The zero-order valence-electron chi connectivity index (χ0n) is 12.4. The van der Waals surface area contributed by atoms with Crippen LogP contribution in [0, 0.1) is 0 Å². The zero-order chi connectivity index (χ0) is 13.2. The summed E-state index contributed by atoms with van der Waals surface area (Å²) in [6, 6.07) is 0. The predicted molar refractivity (Wildman–Crippen MR) is 81.6 cm³/mol. The Hall–Kier alpha value is -0.980. The Kier molecular flexibility index (Phi) is 7.55. The highest BCUT2D eigenvalue weighted by molar-refractivity contribution is 5.23. The lowest BCUT2D eigenvalue weighted by molar-refractivity contribution is 0.339. The summed E-state index contributed by atoms with van der Waals surface area (Å²) in [5.74, 6) is 0. The number of allylic oxidation sites excluding steroid dienone is 5. The van der Waals surface area contributed by atoms with Crippen LogP contribution >= 0.6 is 0 Å². The van der Waals surface area contributed by atoms with Crippen molar-refractivity contribution in [1.29, 1.82) is 0 Å². The van der Waals surface area contributed by atoms with E-state index in [4.69, 9.17) is 0 Å². The van der Waals surface area contributed by atoms with Gasteiger partial charge in [0.2, 0.25) is 0 Å². The molecule has 18 heavy (non-hydrogen) atoms. The van der Waals surface area contributed by atoms with Crippen molar-refractivity contribution in [2.75, 3.05) is 13.1 Å². The second kappa shape index (κ2) is 9.02. The minimum absolute atomic E-state index is 1.08. The van der Waals surface area contributed by atoms with Crippen LogP contribution in [0.1, 0.15) is 59.3 Å². The highest BCUT2D eigenvalue weighted by Crippen LogP contribution is 2.16. The van der Waals surface area contributed by atoms with Gasteiger partial charge in [-0.15, -0.1) is 0 Å². The fraction of sp³-hybridized carbons (Fsp3) is 0.647. The number of hydrogen-bond donors (Lipinski definition) is 0. The lowest BCUT2D eigenvalue weighted by Crippen LogP contribution is -2.24. The lowest BCUT2D eigenvalue weighted by atomic mass is 10.1. The van der Waals surface area contributed by atoms with Gasteiger partial charge in [0.25, 0.3) is 0 Å². The Morgan fingerprint density at radius 3 is 2.33 bits per heavy atom. The van der Waals surface area contributed by atoms with Crippen molar-refractivity contribution < 1.29 is 0 Å². The molecule has 0 heterocycles. The average molecular weight is 247 g/mol. The van der Waals surface area contributed by atoms with Gasteiger partial charge in [-0.1, -0.05) is 50.5 Å². The molecule has 1 aliphatic rings. The Morgan fingerprint density at radius 2 is 1.72 bits per heavy atom. The summed E-state index contributed by atoms with van der Waals surface area (Å²) in [5.41, 5.74) is 2.91. The van der Waals surface area contributed by atoms with Gasteiger partial charge in [-0.2, -0.15) is 0 Å². The SMILES string of the molecule is CCCCN(CCCC)C1=C/C/C=C(\C)C/C=C\1. The van der Waals surface area contributed by atoms with E-state index in [1.54, 1.807) is 0 Å². The summed E-state index contributed by atoms with van der Waals surface area (Å²) < 4.78 is 0. The van der Waals surface area contributed by atoms with E-state index in [-0.39, 0.29) is 0 Å². The molecule has 1 aliphatic carbocycles. The van der Waals surface area contributed by atoms with Crippen LogP contribution in [0.4, 0.5) is 0 Å². The second-order valence-electron chi connectivity index (χ2n) is 5.22. The zero-order valence-corrected chi connectivity index (χ0v) is 12.4. The molecule has 0 N–H and O–H groups in total. The molecule has 0 aromatic rings. The van der Waals surface area contributed by atoms with Crippen molar-refractivity contribution in [3.05, 3.63) is 35.6 Å². The van der Waals surface area contributed by atoms with Crippen LogP contribution in [0.5, 0.6) is 0 Å². The summed E-state index contributed by atoms with van der Waals surface area (Å²) >= 11 is 0. The molecule has 0 fully saturated rings. The van der Waals surface area contributed by atoms with E-state index in [2.05, 4.69) is 50.0 Å². The number of nitrogens with zero attached hydrogens (tertiary/aromatic N) is 1. The first-order valence-electron chi connectivity index (χ1n) is 7.55. The largest absolute Gasteiger partial charge is 0.372 e. The van der Waals surface area contributed by atoms with E-state index in [9.17, 15) is 0 Å². The van der Waals surface area contributed by atoms with Crippen molar-refractivity contribution in [1.82, 2.24) is 4.90 Å². The summed E-state index contributed by atoms with van der Waals surface area (Å²) in [7, 11) is 0. The minimum atomic E-state index is 1.08. The number of unbranched alkanes of at least 4 members (excludes halogenated alkanes) is 2. The molecule has 102 valence electrons. The van der Waals surface area contributed by atoms with Crippen LogP contribution in [-0.4, -0.2) is 18.0 Å².